The summed E-state index contributed by atoms with van der Waals surface area (Å²) in [6.45, 7) is 7.16. The Morgan fingerprint density at radius 2 is 1.96 bits per heavy atom. The Kier molecular flexibility index (Phi) is 5.25. The van der Waals surface area contributed by atoms with E-state index in [4.69, 9.17) is 4.74 Å². The lowest BCUT2D eigenvalue weighted by Gasteiger charge is -2.24. The maximum absolute atomic E-state index is 14.0. The van der Waals surface area contributed by atoms with Crippen LogP contribution in [0.5, 0.6) is 0 Å². The lowest BCUT2D eigenvalue weighted by molar-refractivity contribution is 0.0742. The van der Waals surface area contributed by atoms with Crippen molar-refractivity contribution >= 4 is 10.9 Å². The molecule has 1 aromatic carbocycles. The second kappa shape index (κ2) is 7.77. The van der Waals surface area contributed by atoms with Gasteiger partial charge in [0, 0.05) is 44.4 Å². The zero-order valence-corrected chi connectivity index (χ0v) is 14.7. The van der Waals surface area contributed by atoms with E-state index in [0.29, 0.717) is 11.5 Å². The molecule has 0 radical (unpaired) electrons. The molecule has 5 heteroatoms. The quantitative estimate of drug-likeness (QED) is 0.853. The summed E-state index contributed by atoms with van der Waals surface area (Å²) < 4.78 is 19.8. The first kappa shape index (κ1) is 16.9. The summed E-state index contributed by atoms with van der Waals surface area (Å²) >= 11 is 0. The van der Waals surface area contributed by atoms with E-state index in [1.807, 2.05) is 12.1 Å². The third kappa shape index (κ3) is 4.00. The molecule has 2 fully saturated rings. The highest BCUT2D eigenvalue weighted by Crippen LogP contribution is 2.22. The van der Waals surface area contributed by atoms with Gasteiger partial charge >= 0.3 is 0 Å². The molecule has 0 amide bonds. The van der Waals surface area contributed by atoms with Crippen molar-refractivity contribution in [3.63, 3.8) is 0 Å². The third-order valence-corrected chi connectivity index (χ3v) is 5.36. The van der Waals surface area contributed by atoms with Crippen molar-refractivity contribution in [2.24, 2.45) is 0 Å². The molecule has 2 aliphatic rings. The van der Waals surface area contributed by atoms with Gasteiger partial charge in [0.25, 0.3) is 0 Å². The molecule has 3 heterocycles. The second-order valence-electron chi connectivity index (χ2n) is 7.17. The first-order valence-electron chi connectivity index (χ1n) is 9.38. The smallest absolute Gasteiger partial charge is 0.132 e. The Morgan fingerprint density at radius 3 is 2.84 bits per heavy atom. The third-order valence-electron chi connectivity index (χ3n) is 5.36. The summed E-state index contributed by atoms with van der Waals surface area (Å²) in [5, 5.41) is 0.620. The zero-order valence-electron chi connectivity index (χ0n) is 14.7. The molecule has 2 saturated heterocycles. The number of hydrogen-bond donors (Lipinski definition) is 0. The van der Waals surface area contributed by atoms with E-state index in [1.54, 1.807) is 18.3 Å². The van der Waals surface area contributed by atoms with Crippen LogP contribution in [0.4, 0.5) is 4.39 Å². The predicted molar refractivity (Wildman–Crippen MR) is 97.0 cm³/mol. The minimum atomic E-state index is -0.189. The summed E-state index contributed by atoms with van der Waals surface area (Å²) in [6.07, 6.45) is 5.75. The van der Waals surface area contributed by atoms with E-state index in [-0.39, 0.29) is 5.82 Å². The van der Waals surface area contributed by atoms with Crippen LogP contribution >= 0.6 is 0 Å². The van der Waals surface area contributed by atoms with Gasteiger partial charge in [-0.1, -0.05) is 6.07 Å². The van der Waals surface area contributed by atoms with Crippen molar-refractivity contribution in [1.29, 1.82) is 0 Å². The Hall–Kier alpha value is -1.56. The summed E-state index contributed by atoms with van der Waals surface area (Å²) in [7, 11) is 0. The number of rotatable bonds is 4. The molecular formula is C20H26FN3O. The van der Waals surface area contributed by atoms with Gasteiger partial charge in [-0.25, -0.2) is 4.39 Å². The summed E-state index contributed by atoms with van der Waals surface area (Å²) in [6, 6.07) is 7.07. The van der Waals surface area contributed by atoms with Crippen LogP contribution in [0.25, 0.3) is 10.9 Å². The Labute approximate surface area is 148 Å². The van der Waals surface area contributed by atoms with Gasteiger partial charge in [-0.05, 0) is 56.1 Å². The first-order valence-corrected chi connectivity index (χ1v) is 9.38. The SMILES string of the molecule is Fc1ccc(CN2CCCN(CC3CCCO3)CC2)c2ncccc12. The van der Waals surface area contributed by atoms with Gasteiger partial charge in [0.1, 0.15) is 5.82 Å². The topological polar surface area (TPSA) is 28.6 Å². The monoisotopic (exact) mass is 343 g/mol. The molecule has 0 bridgehead atoms. The van der Waals surface area contributed by atoms with Crippen molar-refractivity contribution in [1.82, 2.24) is 14.8 Å². The molecule has 4 nitrogen and oxygen atoms in total. The van der Waals surface area contributed by atoms with E-state index >= 15 is 0 Å². The molecule has 2 aliphatic heterocycles. The maximum Gasteiger partial charge on any atom is 0.132 e. The van der Waals surface area contributed by atoms with Gasteiger partial charge in [-0.15, -0.1) is 0 Å². The van der Waals surface area contributed by atoms with Crippen LogP contribution < -0.4 is 0 Å². The number of fused-ring (bicyclic) bond motifs is 1. The van der Waals surface area contributed by atoms with Crippen LogP contribution in [0, 0.1) is 5.82 Å². The van der Waals surface area contributed by atoms with Crippen molar-refractivity contribution in [2.75, 3.05) is 39.3 Å². The highest BCUT2D eigenvalue weighted by Gasteiger charge is 2.22. The number of benzene rings is 1. The average molecular weight is 343 g/mol. The molecule has 4 rings (SSSR count). The molecule has 1 atom stereocenters. The highest BCUT2D eigenvalue weighted by molar-refractivity contribution is 5.82. The minimum absolute atomic E-state index is 0.189. The van der Waals surface area contributed by atoms with Crippen LogP contribution in [0.1, 0.15) is 24.8 Å². The maximum atomic E-state index is 14.0. The Bertz CT molecular complexity index is 717. The van der Waals surface area contributed by atoms with Crippen molar-refractivity contribution in [3.05, 3.63) is 41.8 Å². The predicted octanol–water partition coefficient (Wildman–Crippen LogP) is 3.06. The second-order valence-corrected chi connectivity index (χ2v) is 7.17. The number of pyridine rings is 1. The largest absolute Gasteiger partial charge is 0.377 e. The molecular weight excluding hydrogens is 317 g/mol. The number of ether oxygens (including phenoxy) is 1. The Balaban J connectivity index is 1.41. The number of aromatic nitrogens is 1. The summed E-state index contributed by atoms with van der Waals surface area (Å²) in [5.41, 5.74) is 1.91. The number of halogens is 1. The summed E-state index contributed by atoms with van der Waals surface area (Å²) in [4.78, 5) is 9.43. The molecule has 1 unspecified atom stereocenters. The zero-order chi connectivity index (χ0) is 17.1. The fourth-order valence-corrected chi connectivity index (χ4v) is 4.01. The molecule has 0 N–H and O–H groups in total. The van der Waals surface area contributed by atoms with Crippen molar-refractivity contribution in [2.45, 2.75) is 31.9 Å². The van der Waals surface area contributed by atoms with E-state index < -0.39 is 0 Å². The lowest BCUT2D eigenvalue weighted by atomic mass is 10.1. The normalized spacial score (nSPS) is 23.2. The molecule has 2 aromatic rings. The van der Waals surface area contributed by atoms with E-state index in [9.17, 15) is 4.39 Å². The van der Waals surface area contributed by atoms with E-state index in [2.05, 4.69) is 14.8 Å². The van der Waals surface area contributed by atoms with Gasteiger partial charge in [0.15, 0.2) is 0 Å². The number of hydrogen-bond acceptors (Lipinski definition) is 4. The molecule has 1 aromatic heterocycles. The number of nitrogens with zero attached hydrogens (tertiary/aromatic N) is 3. The first-order chi connectivity index (χ1) is 12.3. The van der Waals surface area contributed by atoms with Gasteiger partial charge in [0.2, 0.25) is 0 Å². The summed E-state index contributed by atoms with van der Waals surface area (Å²) in [5.74, 6) is -0.189. The lowest BCUT2D eigenvalue weighted by Crippen LogP contribution is -2.35. The van der Waals surface area contributed by atoms with Crippen LogP contribution in [0.15, 0.2) is 30.5 Å². The van der Waals surface area contributed by atoms with E-state index in [0.717, 1.165) is 57.0 Å². The van der Waals surface area contributed by atoms with Crippen LogP contribution in [0.3, 0.4) is 0 Å². The van der Waals surface area contributed by atoms with E-state index in [1.165, 1.54) is 19.3 Å². The van der Waals surface area contributed by atoms with Crippen LogP contribution in [-0.2, 0) is 11.3 Å². The van der Waals surface area contributed by atoms with Gasteiger partial charge in [-0.2, -0.15) is 0 Å². The molecule has 25 heavy (non-hydrogen) atoms. The fourth-order valence-electron chi connectivity index (χ4n) is 4.01. The standard InChI is InChI=1S/C20H26FN3O/c21-19-7-6-16(20-18(19)5-1-8-22-20)14-23-9-3-10-24(12-11-23)15-17-4-2-13-25-17/h1,5-8,17H,2-4,9-15H2. The molecule has 0 spiro atoms. The van der Waals surface area contributed by atoms with Gasteiger partial charge < -0.3 is 4.74 Å². The highest BCUT2D eigenvalue weighted by atomic mass is 19.1. The Morgan fingerprint density at radius 1 is 1.08 bits per heavy atom. The van der Waals surface area contributed by atoms with Gasteiger partial charge in [0.05, 0.1) is 11.6 Å². The molecule has 0 saturated carbocycles. The van der Waals surface area contributed by atoms with Crippen LogP contribution in [0.2, 0.25) is 0 Å². The fraction of sp³-hybridized carbons (Fsp3) is 0.550. The molecule has 0 aliphatic carbocycles. The average Bonchev–Trinajstić information content (AvgIpc) is 3.05. The van der Waals surface area contributed by atoms with Crippen LogP contribution in [-0.4, -0.2) is 60.2 Å². The van der Waals surface area contributed by atoms with Crippen molar-refractivity contribution in [3.8, 4) is 0 Å². The van der Waals surface area contributed by atoms with Gasteiger partial charge in [-0.3, -0.25) is 14.8 Å². The van der Waals surface area contributed by atoms with Crippen molar-refractivity contribution < 1.29 is 9.13 Å². The molecule has 134 valence electrons. The minimum Gasteiger partial charge on any atom is -0.377 e.